The van der Waals surface area contributed by atoms with E-state index in [1.807, 2.05) is 0 Å². The minimum absolute atomic E-state index is 0.0220. The fraction of sp³-hybridized carbons (Fsp3) is 0.600. The number of aliphatic hydroxyl groups is 1. The fourth-order valence-electron chi connectivity index (χ4n) is 2.91. The number of rotatable bonds is 4. The van der Waals surface area contributed by atoms with Gasteiger partial charge in [0.15, 0.2) is 0 Å². The molecule has 0 spiro atoms. The summed E-state index contributed by atoms with van der Waals surface area (Å²) in [6.45, 7) is 0.280. The first kappa shape index (κ1) is 16.4. The summed E-state index contributed by atoms with van der Waals surface area (Å²) in [5, 5.41) is 12.5. The minimum Gasteiger partial charge on any atom is -0.396 e. The highest BCUT2D eigenvalue weighted by molar-refractivity contribution is 6.33. The number of nitrogens with one attached hydrogen (secondary N) is 1. The predicted molar refractivity (Wildman–Crippen MR) is 77.5 cm³/mol. The quantitative estimate of drug-likeness (QED) is 0.841. The third-order valence-corrected chi connectivity index (χ3v) is 4.52. The Bertz CT molecular complexity index is 484. The number of alkyl halides is 3. The molecule has 1 aromatic rings. The molecule has 1 fully saturated rings. The van der Waals surface area contributed by atoms with Crippen LogP contribution < -0.4 is 5.32 Å². The molecule has 0 unspecified atom stereocenters. The Morgan fingerprint density at radius 3 is 2.43 bits per heavy atom. The Labute approximate surface area is 127 Å². The van der Waals surface area contributed by atoms with Crippen molar-refractivity contribution >= 4 is 17.3 Å². The zero-order chi connectivity index (χ0) is 15.5. The van der Waals surface area contributed by atoms with E-state index in [-0.39, 0.29) is 22.7 Å². The third kappa shape index (κ3) is 3.83. The normalized spacial score (nSPS) is 18.5. The summed E-state index contributed by atoms with van der Waals surface area (Å²) < 4.78 is 39.1. The van der Waals surface area contributed by atoms with Crippen LogP contribution in [0.5, 0.6) is 0 Å². The first-order chi connectivity index (χ1) is 9.88. The lowest BCUT2D eigenvalue weighted by molar-refractivity contribution is -0.137. The number of benzene rings is 1. The lowest BCUT2D eigenvalue weighted by Crippen LogP contribution is -2.36. The zero-order valence-electron chi connectivity index (χ0n) is 11.6. The van der Waals surface area contributed by atoms with Gasteiger partial charge in [-0.25, -0.2) is 0 Å². The molecule has 2 N–H and O–H groups in total. The van der Waals surface area contributed by atoms with E-state index in [1.54, 1.807) is 0 Å². The van der Waals surface area contributed by atoms with E-state index in [0.717, 1.165) is 38.2 Å². The molecule has 1 aliphatic carbocycles. The van der Waals surface area contributed by atoms with E-state index in [0.29, 0.717) is 6.54 Å². The van der Waals surface area contributed by atoms with Gasteiger partial charge < -0.3 is 10.4 Å². The molecule has 6 heteroatoms. The molecule has 118 valence electrons. The average molecular weight is 322 g/mol. The van der Waals surface area contributed by atoms with Crippen LogP contribution >= 0.6 is 11.6 Å². The van der Waals surface area contributed by atoms with Gasteiger partial charge in [-0.2, -0.15) is 13.2 Å². The molecule has 1 aliphatic rings. The van der Waals surface area contributed by atoms with Crippen molar-refractivity contribution in [2.45, 2.75) is 38.3 Å². The number of anilines is 1. The molecule has 2 rings (SSSR count). The summed E-state index contributed by atoms with van der Waals surface area (Å²) in [5.41, 5.74) is -1.20. The molecular weight excluding hydrogens is 303 g/mol. The van der Waals surface area contributed by atoms with Crippen molar-refractivity contribution in [3.63, 3.8) is 0 Å². The topological polar surface area (TPSA) is 32.3 Å². The molecule has 0 radical (unpaired) electrons. The second-order valence-corrected chi connectivity index (χ2v) is 6.14. The first-order valence-electron chi connectivity index (χ1n) is 7.08. The minimum atomic E-state index is -4.45. The summed E-state index contributed by atoms with van der Waals surface area (Å²) in [4.78, 5) is 0. The number of aliphatic hydroxyl groups excluding tert-OH is 1. The second kappa shape index (κ2) is 6.44. The highest BCUT2D eigenvalue weighted by atomic mass is 35.5. The molecule has 0 saturated heterocycles. The Morgan fingerprint density at radius 1 is 1.19 bits per heavy atom. The molecule has 1 saturated carbocycles. The third-order valence-electron chi connectivity index (χ3n) is 4.21. The number of para-hydroxylation sites is 1. The van der Waals surface area contributed by atoms with Crippen LogP contribution in [0.1, 0.15) is 37.7 Å². The summed E-state index contributed by atoms with van der Waals surface area (Å²) in [6, 6.07) is 3.74. The van der Waals surface area contributed by atoms with E-state index in [4.69, 9.17) is 11.6 Å². The van der Waals surface area contributed by atoms with Crippen molar-refractivity contribution in [3.05, 3.63) is 28.8 Å². The van der Waals surface area contributed by atoms with Crippen LogP contribution in [0.3, 0.4) is 0 Å². The van der Waals surface area contributed by atoms with Crippen molar-refractivity contribution in [1.82, 2.24) is 0 Å². The van der Waals surface area contributed by atoms with Crippen LogP contribution in [-0.4, -0.2) is 18.3 Å². The number of hydrogen-bond acceptors (Lipinski definition) is 2. The molecule has 21 heavy (non-hydrogen) atoms. The summed E-state index contributed by atoms with van der Waals surface area (Å²) in [5.74, 6) is 0. The Morgan fingerprint density at radius 2 is 1.86 bits per heavy atom. The highest BCUT2D eigenvalue weighted by Gasteiger charge is 2.36. The zero-order valence-corrected chi connectivity index (χ0v) is 12.4. The van der Waals surface area contributed by atoms with Gasteiger partial charge >= 0.3 is 6.18 Å². The first-order valence-corrected chi connectivity index (χ1v) is 7.46. The van der Waals surface area contributed by atoms with Crippen molar-refractivity contribution < 1.29 is 18.3 Å². The second-order valence-electron chi connectivity index (χ2n) is 5.73. The van der Waals surface area contributed by atoms with Crippen molar-refractivity contribution in [1.29, 1.82) is 0 Å². The molecule has 2 nitrogen and oxygen atoms in total. The van der Waals surface area contributed by atoms with E-state index in [1.165, 1.54) is 12.1 Å². The van der Waals surface area contributed by atoms with Crippen LogP contribution in [0, 0.1) is 5.41 Å². The van der Waals surface area contributed by atoms with E-state index in [9.17, 15) is 18.3 Å². The largest absolute Gasteiger partial charge is 0.418 e. The number of hydrogen-bond donors (Lipinski definition) is 2. The Balaban J connectivity index is 2.19. The van der Waals surface area contributed by atoms with Crippen LogP contribution in [0.4, 0.5) is 18.9 Å². The van der Waals surface area contributed by atoms with E-state index >= 15 is 0 Å². The average Bonchev–Trinajstić information content (AvgIpc) is 2.46. The Hall–Kier alpha value is -0.940. The van der Waals surface area contributed by atoms with Gasteiger partial charge in [0.2, 0.25) is 0 Å². The smallest absolute Gasteiger partial charge is 0.396 e. The molecule has 1 aromatic carbocycles. The van der Waals surface area contributed by atoms with Gasteiger partial charge in [-0.3, -0.25) is 0 Å². The molecular formula is C15H19ClF3NO. The van der Waals surface area contributed by atoms with Gasteiger partial charge in [-0.1, -0.05) is 36.9 Å². The molecule has 0 amide bonds. The van der Waals surface area contributed by atoms with Gasteiger partial charge in [0.05, 0.1) is 22.9 Å². The lowest BCUT2D eigenvalue weighted by atomic mass is 9.74. The monoisotopic (exact) mass is 321 g/mol. The van der Waals surface area contributed by atoms with Crippen molar-refractivity contribution in [3.8, 4) is 0 Å². The SMILES string of the molecule is OCC1(CNc2c(Cl)cccc2C(F)(F)F)CCCCC1. The molecule has 0 bridgehead atoms. The summed E-state index contributed by atoms with van der Waals surface area (Å²) in [7, 11) is 0. The maximum atomic E-state index is 13.0. The van der Waals surface area contributed by atoms with Crippen LogP contribution in [0.2, 0.25) is 5.02 Å². The Kier molecular flexibility index (Phi) is 5.04. The predicted octanol–water partition coefficient (Wildman–Crippen LogP) is 4.71. The molecule has 0 aromatic heterocycles. The highest BCUT2D eigenvalue weighted by Crippen LogP contribution is 2.41. The van der Waals surface area contributed by atoms with Gasteiger partial charge in [-0.15, -0.1) is 0 Å². The fourth-order valence-corrected chi connectivity index (χ4v) is 3.15. The standard InChI is InChI=1S/C15H19ClF3NO/c16-12-6-4-5-11(15(17,18)19)13(12)20-9-14(10-21)7-2-1-3-8-14/h4-6,20-21H,1-3,7-10H2. The maximum Gasteiger partial charge on any atom is 0.418 e. The van der Waals surface area contributed by atoms with Gasteiger partial charge in [0.1, 0.15) is 0 Å². The molecule has 0 heterocycles. The summed E-state index contributed by atoms with van der Waals surface area (Å²) in [6.07, 6.45) is 0.298. The maximum absolute atomic E-state index is 13.0. The van der Waals surface area contributed by atoms with E-state index in [2.05, 4.69) is 5.32 Å². The molecule has 0 aliphatic heterocycles. The van der Waals surface area contributed by atoms with E-state index < -0.39 is 11.7 Å². The van der Waals surface area contributed by atoms with Gasteiger partial charge in [0.25, 0.3) is 0 Å². The summed E-state index contributed by atoms with van der Waals surface area (Å²) >= 11 is 5.92. The van der Waals surface area contributed by atoms with Crippen molar-refractivity contribution in [2.24, 2.45) is 5.41 Å². The van der Waals surface area contributed by atoms with Crippen molar-refractivity contribution in [2.75, 3.05) is 18.5 Å². The van der Waals surface area contributed by atoms with Gasteiger partial charge in [-0.05, 0) is 25.0 Å². The lowest BCUT2D eigenvalue weighted by Gasteiger charge is -2.36. The van der Waals surface area contributed by atoms with Crippen LogP contribution in [0.25, 0.3) is 0 Å². The van der Waals surface area contributed by atoms with Gasteiger partial charge in [0, 0.05) is 12.0 Å². The molecule has 0 atom stereocenters. The van der Waals surface area contributed by atoms with Crippen LogP contribution in [0.15, 0.2) is 18.2 Å². The number of halogens is 4. The van der Waals surface area contributed by atoms with Crippen LogP contribution in [-0.2, 0) is 6.18 Å².